The Bertz CT molecular complexity index is 288. The predicted octanol–water partition coefficient (Wildman–Crippen LogP) is 6.24. The molecule has 0 aromatic heterocycles. The van der Waals surface area contributed by atoms with Gasteiger partial charge in [-0.2, -0.15) is 0 Å². The molecular weight excluding hydrogens is 321 g/mol. The molecule has 2 aliphatic heterocycles. The van der Waals surface area contributed by atoms with Gasteiger partial charge in [-0.25, -0.2) is 0 Å². The maximum atomic E-state index is 2.62. The molecule has 0 N–H and O–H groups in total. The lowest BCUT2D eigenvalue weighted by Crippen LogP contribution is -2.55. The van der Waals surface area contributed by atoms with E-state index in [2.05, 4.69) is 65.5 Å². The normalized spacial score (nSPS) is 31.5. The number of hydrogen-bond acceptors (Lipinski definition) is 0. The average Bonchev–Trinajstić information content (AvgIpc) is 1.85. The van der Waals surface area contributed by atoms with Gasteiger partial charge in [-0.1, -0.05) is 93.8 Å². The molecule has 0 saturated carbocycles. The first-order chi connectivity index (χ1) is 8.54. The van der Waals surface area contributed by atoms with E-state index in [1.807, 2.05) is 0 Å². The summed E-state index contributed by atoms with van der Waals surface area (Å²) in [6.45, 7) is 25.8. The number of rotatable bonds is 0. The maximum absolute atomic E-state index is 2.62. The molecule has 2 saturated heterocycles. The van der Waals surface area contributed by atoms with Crippen LogP contribution in [0.1, 0.15) is 0 Å². The summed E-state index contributed by atoms with van der Waals surface area (Å²) in [5, 5.41) is 0. The Morgan fingerprint density at radius 2 is 0.400 bits per heavy atom. The fourth-order valence-corrected chi connectivity index (χ4v) is 62.9. The van der Waals surface area contributed by atoms with Crippen LogP contribution in [0, 0.1) is 0 Å². The molecule has 20 heavy (non-hydrogen) atoms. The van der Waals surface area contributed by atoms with E-state index in [4.69, 9.17) is 0 Å². The minimum atomic E-state index is -0.738. The van der Waals surface area contributed by atoms with Gasteiger partial charge in [0.1, 0.15) is 0 Å². The van der Waals surface area contributed by atoms with Crippen molar-refractivity contribution < 1.29 is 0 Å². The van der Waals surface area contributed by atoms with Crippen LogP contribution in [0.15, 0.2) is 0 Å². The first kappa shape index (κ1) is 19.1. The number of hydrogen-bond donors (Lipinski definition) is 0. The van der Waals surface area contributed by atoms with Crippen molar-refractivity contribution in [3.8, 4) is 0 Å². The van der Waals surface area contributed by atoms with Gasteiger partial charge < -0.3 is 0 Å². The summed E-state index contributed by atoms with van der Waals surface area (Å²) in [7, 11) is -3.26. The molecule has 5 heteroatoms. The lowest BCUT2D eigenvalue weighted by molar-refractivity contribution is 1.34. The molecule has 0 aromatic carbocycles. The second-order valence-electron chi connectivity index (χ2n) is 11.7. The highest BCUT2D eigenvalue weighted by atomic mass is 28.5. The predicted molar refractivity (Wildman–Crippen MR) is 111 cm³/mol. The molecule has 2 aliphatic rings. The first-order valence-electron chi connectivity index (χ1n) is 8.54. The van der Waals surface area contributed by atoms with Gasteiger partial charge in [0.2, 0.25) is 0 Å². The quantitative estimate of drug-likeness (QED) is 0.448. The van der Waals surface area contributed by atoms with E-state index in [0.29, 0.717) is 0 Å². The Hall–Kier alpha value is 1.08. The highest BCUT2D eigenvalue weighted by Gasteiger charge is 2.45. The zero-order chi connectivity index (χ0) is 16.0. The zero-order valence-electron chi connectivity index (χ0n) is 16.0. The zero-order valence-corrected chi connectivity index (χ0v) is 21.0. The van der Waals surface area contributed by atoms with Crippen LogP contribution in [-0.4, -0.2) is 40.4 Å². The van der Waals surface area contributed by atoms with Crippen LogP contribution in [0.25, 0.3) is 0 Å². The minimum Gasteiger partial charge on any atom is -0.0698 e. The van der Waals surface area contributed by atoms with Gasteiger partial charge in [-0.15, -0.1) is 0 Å². The third kappa shape index (κ3) is 6.46. The van der Waals surface area contributed by atoms with Crippen molar-refractivity contribution in [1.29, 1.82) is 0 Å². The van der Waals surface area contributed by atoms with Crippen LogP contribution in [0.5, 0.6) is 0 Å². The molecule has 0 radical (unpaired) electrons. The molecule has 2 heterocycles. The van der Waals surface area contributed by atoms with Crippen molar-refractivity contribution in [1.82, 2.24) is 0 Å². The van der Waals surface area contributed by atoms with Crippen molar-refractivity contribution in [3.63, 3.8) is 0 Å². The van der Waals surface area contributed by atoms with Crippen LogP contribution in [0.2, 0.25) is 93.8 Å². The largest absolute Gasteiger partial charge is 0.0698 e. The van der Waals surface area contributed by atoms with Crippen LogP contribution < -0.4 is 0 Å². The Balaban J connectivity index is 0.000000217. The van der Waals surface area contributed by atoms with Gasteiger partial charge in [-0.3, -0.25) is 0 Å². The second kappa shape index (κ2) is 5.62. The summed E-state index contributed by atoms with van der Waals surface area (Å²) in [4.78, 5) is 0. The van der Waals surface area contributed by atoms with Crippen molar-refractivity contribution in [2.75, 3.05) is 0 Å². The van der Waals surface area contributed by atoms with Crippen LogP contribution >= 0.6 is 0 Å². The van der Waals surface area contributed by atoms with Crippen molar-refractivity contribution in [2.24, 2.45) is 0 Å². The maximum Gasteiger partial charge on any atom is 0.0421 e. The van der Waals surface area contributed by atoms with Crippen molar-refractivity contribution in [2.45, 2.75) is 93.8 Å². The smallest absolute Gasteiger partial charge is 0.0421 e. The molecule has 0 aromatic rings. The van der Waals surface area contributed by atoms with E-state index < -0.39 is 40.4 Å². The molecule has 0 unspecified atom stereocenters. The van der Waals surface area contributed by atoms with E-state index in [1.54, 1.807) is 28.3 Å². The highest BCUT2D eigenvalue weighted by Crippen LogP contribution is 2.40. The highest BCUT2D eigenvalue weighted by molar-refractivity contribution is 7.12. The van der Waals surface area contributed by atoms with Crippen molar-refractivity contribution in [3.05, 3.63) is 0 Å². The molecule has 0 spiro atoms. The molecular formula is C15H40Si5. The van der Waals surface area contributed by atoms with Gasteiger partial charge in [0.05, 0.1) is 0 Å². The summed E-state index contributed by atoms with van der Waals surface area (Å²) >= 11 is 0. The van der Waals surface area contributed by atoms with Crippen LogP contribution in [-0.2, 0) is 0 Å². The summed E-state index contributed by atoms with van der Waals surface area (Å²) < 4.78 is 0. The summed E-state index contributed by atoms with van der Waals surface area (Å²) in [5.41, 5.74) is 8.43. The Labute approximate surface area is 134 Å². The molecule has 0 bridgehead atoms. The van der Waals surface area contributed by atoms with Crippen LogP contribution in [0.3, 0.4) is 0 Å². The molecule has 2 fully saturated rings. The first-order valence-corrected chi connectivity index (χ1v) is 25.6. The van der Waals surface area contributed by atoms with Gasteiger partial charge in [-0.05, 0) is 0 Å². The van der Waals surface area contributed by atoms with Gasteiger partial charge in [0, 0.05) is 40.4 Å². The van der Waals surface area contributed by atoms with Gasteiger partial charge in [0.25, 0.3) is 0 Å². The van der Waals surface area contributed by atoms with Gasteiger partial charge in [0.15, 0.2) is 0 Å². The molecule has 0 amide bonds. The summed E-state index contributed by atoms with van der Waals surface area (Å²) in [6, 6.07) is 0. The fraction of sp³-hybridized carbons (Fsp3) is 1.00. The molecule has 0 nitrogen and oxygen atoms in total. The third-order valence-electron chi connectivity index (χ3n) is 4.79. The molecule has 120 valence electrons. The Morgan fingerprint density at radius 3 is 0.500 bits per heavy atom. The summed E-state index contributed by atoms with van der Waals surface area (Å²) in [6.07, 6.45) is 0. The standard InChI is InChI=1S/C9H24Si3.C6H16Si2/c1-10(2)7-11(3,4)9-12(5,6)8-10;1-7(2)5-8(3,4)6-7/h7-9H2,1-6H3;5-6H2,1-4H3. The Morgan fingerprint density at radius 1 is 0.300 bits per heavy atom. The molecule has 0 atom stereocenters. The van der Waals surface area contributed by atoms with E-state index in [9.17, 15) is 0 Å². The molecule has 0 aliphatic carbocycles. The van der Waals surface area contributed by atoms with Crippen LogP contribution in [0.4, 0.5) is 0 Å². The van der Waals surface area contributed by atoms with E-state index in [0.717, 1.165) is 0 Å². The average molecular weight is 361 g/mol. The lowest BCUT2D eigenvalue weighted by Gasteiger charge is -2.46. The van der Waals surface area contributed by atoms with E-state index in [1.165, 1.54) is 0 Å². The van der Waals surface area contributed by atoms with E-state index in [-0.39, 0.29) is 0 Å². The lowest BCUT2D eigenvalue weighted by atomic mass is 11.6. The topological polar surface area (TPSA) is 0 Å². The summed E-state index contributed by atoms with van der Waals surface area (Å²) in [5.74, 6) is 0. The van der Waals surface area contributed by atoms with Crippen molar-refractivity contribution >= 4 is 40.4 Å². The molecule has 2 rings (SSSR count). The Kier molecular flexibility index (Phi) is 5.37. The SMILES string of the molecule is C[Si]1(C)C[Si](C)(C)C1.C[Si]1(C)C[Si](C)(C)C[Si](C)(C)C1. The van der Waals surface area contributed by atoms with E-state index >= 15 is 0 Å². The minimum absolute atomic E-state index is 0.524. The monoisotopic (exact) mass is 360 g/mol. The second-order valence-corrected chi connectivity index (χ2v) is 40.4. The third-order valence-corrected chi connectivity index (χ3v) is 43.1. The fourth-order valence-electron chi connectivity index (χ4n) is 6.61. The van der Waals surface area contributed by atoms with Gasteiger partial charge >= 0.3 is 0 Å².